The second kappa shape index (κ2) is 7.55. The molecule has 2 atom stereocenters. The maximum atomic E-state index is 12.2. The second-order valence-corrected chi connectivity index (χ2v) is 4.96. The number of aromatic nitrogens is 1. The zero-order chi connectivity index (χ0) is 15.1. The fraction of sp³-hybridized carbons (Fsp3) is 0.294. The first-order chi connectivity index (χ1) is 10.2. The summed E-state index contributed by atoms with van der Waals surface area (Å²) in [6.07, 6.45) is 3.58. The van der Waals surface area contributed by atoms with E-state index in [0.29, 0.717) is 12.8 Å². The molecule has 2 unspecified atom stereocenters. The molecular formula is C17H20N2O2. The highest BCUT2D eigenvalue weighted by Crippen LogP contribution is 2.18. The number of pyridine rings is 1. The van der Waals surface area contributed by atoms with Crippen molar-refractivity contribution >= 4 is 5.91 Å². The van der Waals surface area contributed by atoms with Gasteiger partial charge in [-0.2, -0.15) is 0 Å². The lowest BCUT2D eigenvalue weighted by molar-refractivity contribution is -0.122. The van der Waals surface area contributed by atoms with Gasteiger partial charge in [0.25, 0.3) is 0 Å². The topological polar surface area (TPSA) is 62.2 Å². The number of benzene rings is 1. The molecule has 0 bridgehead atoms. The van der Waals surface area contributed by atoms with E-state index in [0.717, 1.165) is 11.1 Å². The van der Waals surface area contributed by atoms with Crippen LogP contribution in [0.25, 0.3) is 0 Å². The zero-order valence-corrected chi connectivity index (χ0v) is 12.1. The Morgan fingerprint density at radius 3 is 2.48 bits per heavy atom. The Kier molecular flexibility index (Phi) is 5.46. The highest BCUT2D eigenvalue weighted by molar-refractivity contribution is 5.79. The number of hydrogen-bond acceptors (Lipinski definition) is 3. The Bertz CT molecular complexity index is 558. The van der Waals surface area contributed by atoms with Gasteiger partial charge in [-0.05, 0) is 29.7 Å². The van der Waals surface area contributed by atoms with E-state index in [1.807, 2.05) is 49.4 Å². The molecule has 0 radical (unpaired) electrons. The third kappa shape index (κ3) is 4.39. The van der Waals surface area contributed by atoms with Gasteiger partial charge < -0.3 is 10.4 Å². The van der Waals surface area contributed by atoms with Crippen molar-refractivity contribution in [1.29, 1.82) is 0 Å². The number of amides is 1. The van der Waals surface area contributed by atoms with Gasteiger partial charge in [-0.25, -0.2) is 0 Å². The lowest BCUT2D eigenvalue weighted by atomic mass is 10.00. The third-order valence-corrected chi connectivity index (χ3v) is 3.39. The summed E-state index contributed by atoms with van der Waals surface area (Å²) in [5, 5.41) is 13.1. The minimum atomic E-state index is -0.618. The number of nitrogens with zero attached hydrogens (tertiary/aromatic N) is 1. The molecule has 1 aromatic heterocycles. The van der Waals surface area contributed by atoms with Crippen LogP contribution in [0.5, 0.6) is 0 Å². The summed E-state index contributed by atoms with van der Waals surface area (Å²) < 4.78 is 0. The molecule has 4 nitrogen and oxygen atoms in total. The fourth-order valence-corrected chi connectivity index (χ4v) is 2.21. The molecule has 4 heteroatoms. The Morgan fingerprint density at radius 1 is 1.19 bits per heavy atom. The van der Waals surface area contributed by atoms with Gasteiger partial charge in [-0.15, -0.1) is 0 Å². The van der Waals surface area contributed by atoms with E-state index in [2.05, 4.69) is 10.3 Å². The number of aliphatic hydroxyl groups excluding tert-OH is 1. The van der Waals surface area contributed by atoms with Gasteiger partial charge in [0.05, 0.1) is 18.6 Å². The fourth-order valence-electron chi connectivity index (χ4n) is 2.21. The SMILES string of the molecule is CCC(O)C(NC(=O)Cc1ccccc1)c1ccncc1. The van der Waals surface area contributed by atoms with Crippen molar-refractivity contribution in [2.75, 3.05) is 0 Å². The summed E-state index contributed by atoms with van der Waals surface area (Å²) in [7, 11) is 0. The smallest absolute Gasteiger partial charge is 0.224 e. The molecule has 21 heavy (non-hydrogen) atoms. The minimum Gasteiger partial charge on any atom is -0.391 e. The van der Waals surface area contributed by atoms with Gasteiger partial charge in [0.15, 0.2) is 0 Å². The van der Waals surface area contributed by atoms with E-state index in [-0.39, 0.29) is 5.91 Å². The molecular weight excluding hydrogens is 264 g/mol. The molecule has 2 N–H and O–H groups in total. The van der Waals surface area contributed by atoms with Crippen LogP contribution in [0.4, 0.5) is 0 Å². The highest BCUT2D eigenvalue weighted by Gasteiger charge is 2.21. The van der Waals surface area contributed by atoms with Crippen molar-refractivity contribution in [2.45, 2.75) is 31.9 Å². The molecule has 0 aliphatic carbocycles. The number of nitrogens with one attached hydrogen (secondary N) is 1. The van der Waals surface area contributed by atoms with Gasteiger partial charge >= 0.3 is 0 Å². The molecule has 0 aliphatic rings. The summed E-state index contributed by atoms with van der Waals surface area (Å²) in [6, 6.07) is 12.8. The van der Waals surface area contributed by atoms with Crippen molar-refractivity contribution in [2.24, 2.45) is 0 Å². The standard InChI is InChI=1S/C17H20N2O2/c1-2-15(20)17(14-8-10-18-11-9-14)19-16(21)12-13-6-4-3-5-7-13/h3-11,15,17,20H,2,12H2,1H3,(H,19,21). The largest absolute Gasteiger partial charge is 0.391 e. The number of rotatable bonds is 6. The van der Waals surface area contributed by atoms with E-state index >= 15 is 0 Å². The van der Waals surface area contributed by atoms with Crippen LogP contribution in [-0.2, 0) is 11.2 Å². The minimum absolute atomic E-state index is 0.101. The maximum Gasteiger partial charge on any atom is 0.224 e. The van der Waals surface area contributed by atoms with E-state index in [4.69, 9.17) is 0 Å². The van der Waals surface area contributed by atoms with Crippen molar-refractivity contribution < 1.29 is 9.90 Å². The van der Waals surface area contributed by atoms with Crippen LogP contribution in [0.1, 0.15) is 30.5 Å². The molecule has 2 rings (SSSR count). The maximum absolute atomic E-state index is 12.2. The van der Waals surface area contributed by atoms with Crippen LogP contribution in [0, 0.1) is 0 Å². The van der Waals surface area contributed by atoms with Crippen LogP contribution in [0.3, 0.4) is 0 Å². The van der Waals surface area contributed by atoms with Crippen molar-refractivity contribution in [3.63, 3.8) is 0 Å². The van der Waals surface area contributed by atoms with Gasteiger partial charge in [-0.1, -0.05) is 37.3 Å². The van der Waals surface area contributed by atoms with Crippen molar-refractivity contribution in [3.05, 3.63) is 66.0 Å². The Labute approximate surface area is 124 Å². The summed E-state index contributed by atoms with van der Waals surface area (Å²) >= 11 is 0. The number of carbonyl (C=O) groups is 1. The van der Waals surface area contributed by atoms with E-state index in [1.165, 1.54) is 0 Å². The van der Waals surface area contributed by atoms with E-state index < -0.39 is 12.1 Å². The van der Waals surface area contributed by atoms with Gasteiger partial charge in [0.2, 0.25) is 5.91 Å². The van der Waals surface area contributed by atoms with Crippen molar-refractivity contribution in [1.82, 2.24) is 10.3 Å². The predicted molar refractivity (Wildman–Crippen MR) is 81.6 cm³/mol. The van der Waals surface area contributed by atoms with Crippen molar-refractivity contribution in [3.8, 4) is 0 Å². The molecule has 1 amide bonds. The first kappa shape index (κ1) is 15.2. The van der Waals surface area contributed by atoms with Gasteiger partial charge in [-0.3, -0.25) is 9.78 Å². The van der Waals surface area contributed by atoms with Gasteiger partial charge in [0.1, 0.15) is 0 Å². The average Bonchev–Trinajstić information content (AvgIpc) is 2.53. The quantitative estimate of drug-likeness (QED) is 0.855. The second-order valence-electron chi connectivity index (χ2n) is 4.96. The van der Waals surface area contributed by atoms with Crippen LogP contribution < -0.4 is 5.32 Å². The average molecular weight is 284 g/mol. The number of hydrogen-bond donors (Lipinski definition) is 2. The highest BCUT2D eigenvalue weighted by atomic mass is 16.3. The lowest BCUT2D eigenvalue weighted by Gasteiger charge is -2.23. The zero-order valence-electron chi connectivity index (χ0n) is 12.1. The van der Waals surface area contributed by atoms with Crippen LogP contribution >= 0.6 is 0 Å². The first-order valence-electron chi connectivity index (χ1n) is 7.12. The normalized spacial score (nSPS) is 13.4. The molecule has 1 aromatic carbocycles. The summed E-state index contributed by atoms with van der Waals surface area (Å²) in [5.41, 5.74) is 1.82. The molecule has 0 aliphatic heterocycles. The Hall–Kier alpha value is -2.20. The number of carbonyl (C=O) groups excluding carboxylic acids is 1. The number of aliphatic hydroxyl groups is 1. The molecule has 2 aromatic rings. The lowest BCUT2D eigenvalue weighted by Crippen LogP contribution is -2.36. The van der Waals surface area contributed by atoms with Crippen LogP contribution in [0.2, 0.25) is 0 Å². The predicted octanol–water partition coefficient (Wildman–Crippen LogP) is 2.25. The summed E-state index contributed by atoms with van der Waals surface area (Å²) in [4.78, 5) is 16.1. The summed E-state index contributed by atoms with van der Waals surface area (Å²) in [5.74, 6) is -0.101. The van der Waals surface area contributed by atoms with Gasteiger partial charge in [0, 0.05) is 12.4 Å². The van der Waals surface area contributed by atoms with E-state index in [1.54, 1.807) is 12.4 Å². The molecule has 1 heterocycles. The van der Waals surface area contributed by atoms with E-state index in [9.17, 15) is 9.90 Å². The molecule has 110 valence electrons. The monoisotopic (exact) mass is 284 g/mol. The molecule has 0 saturated heterocycles. The Balaban J connectivity index is 2.07. The third-order valence-electron chi connectivity index (χ3n) is 3.39. The van der Waals surface area contributed by atoms with Crippen LogP contribution in [0.15, 0.2) is 54.9 Å². The molecule has 0 spiro atoms. The first-order valence-corrected chi connectivity index (χ1v) is 7.12. The molecule has 0 saturated carbocycles. The summed E-state index contributed by atoms with van der Waals surface area (Å²) in [6.45, 7) is 1.89. The Morgan fingerprint density at radius 2 is 1.86 bits per heavy atom. The van der Waals surface area contributed by atoms with Crippen LogP contribution in [-0.4, -0.2) is 22.1 Å². The molecule has 0 fully saturated rings.